The second-order valence-electron chi connectivity index (χ2n) is 7.16. The monoisotopic (exact) mass is 344 g/mol. The van der Waals surface area contributed by atoms with Gasteiger partial charge >= 0.3 is 0 Å². The number of carbonyl (C=O) groups is 1. The minimum atomic E-state index is 0.0850. The number of nitrogens with one attached hydrogen (secondary N) is 2. The molecule has 5 rings (SSSR count). The number of pyridine rings is 1. The largest absolute Gasteiger partial charge is 0.361 e. The maximum absolute atomic E-state index is 12.0. The lowest BCUT2D eigenvalue weighted by atomic mass is 10.0. The van der Waals surface area contributed by atoms with Crippen molar-refractivity contribution in [1.82, 2.24) is 14.5 Å². The molecule has 5 heteroatoms. The van der Waals surface area contributed by atoms with E-state index in [0.29, 0.717) is 5.82 Å². The van der Waals surface area contributed by atoms with Crippen LogP contribution in [0, 0.1) is 12.8 Å². The van der Waals surface area contributed by atoms with Gasteiger partial charge in [0, 0.05) is 46.7 Å². The predicted octanol–water partition coefficient (Wildman–Crippen LogP) is 4.38. The van der Waals surface area contributed by atoms with Crippen LogP contribution in [0.15, 0.2) is 42.7 Å². The normalized spacial score (nSPS) is 14.2. The molecule has 2 N–H and O–H groups in total. The van der Waals surface area contributed by atoms with E-state index in [-0.39, 0.29) is 11.8 Å². The molecule has 130 valence electrons. The number of fused-ring (bicyclic) bond motifs is 2. The van der Waals surface area contributed by atoms with Gasteiger partial charge < -0.3 is 14.9 Å². The first kappa shape index (κ1) is 15.2. The summed E-state index contributed by atoms with van der Waals surface area (Å²) in [4.78, 5) is 19.7. The van der Waals surface area contributed by atoms with Gasteiger partial charge in [-0.2, -0.15) is 0 Å². The van der Waals surface area contributed by atoms with Crippen LogP contribution in [0.3, 0.4) is 0 Å². The summed E-state index contributed by atoms with van der Waals surface area (Å²) in [5.41, 5.74) is 5.81. The van der Waals surface area contributed by atoms with Crippen molar-refractivity contribution < 1.29 is 4.79 Å². The Morgan fingerprint density at radius 1 is 1.27 bits per heavy atom. The van der Waals surface area contributed by atoms with E-state index in [4.69, 9.17) is 0 Å². The predicted molar refractivity (Wildman–Crippen MR) is 104 cm³/mol. The fourth-order valence-electron chi connectivity index (χ4n) is 3.70. The van der Waals surface area contributed by atoms with Gasteiger partial charge in [-0.05, 0) is 49.6 Å². The molecule has 3 heterocycles. The molecule has 5 nitrogen and oxygen atoms in total. The third-order valence-electron chi connectivity index (χ3n) is 5.41. The van der Waals surface area contributed by atoms with Gasteiger partial charge in [0.25, 0.3) is 0 Å². The number of amides is 1. The van der Waals surface area contributed by atoms with Gasteiger partial charge in [-0.25, -0.2) is 4.98 Å². The maximum atomic E-state index is 12.0. The summed E-state index contributed by atoms with van der Waals surface area (Å²) in [6.45, 7) is 2.16. The van der Waals surface area contributed by atoms with Crippen LogP contribution in [0.1, 0.15) is 18.4 Å². The Bertz CT molecular complexity index is 1160. The third-order valence-corrected chi connectivity index (χ3v) is 5.41. The Labute approximate surface area is 151 Å². The Morgan fingerprint density at radius 3 is 2.92 bits per heavy atom. The Hall–Kier alpha value is -3.08. The zero-order valence-electron chi connectivity index (χ0n) is 14.8. The standard InChI is InChI=1S/C21H20N4O/c1-12-15-7-8-22-17(15)6-5-16(12)18-9-14-10-20(23-11-19(14)25(18)2)24-21(26)13-3-4-13/h5-11,13,22H,3-4H2,1-2H3,(H,23,24,26). The molecule has 1 fully saturated rings. The van der Waals surface area contributed by atoms with Gasteiger partial charge in [-0.3, -0.25) is 4.79 Å². The molecule has 1 aliphatic rings. The minimum absolute atomic E-state index is 0.0850. The fraction of sp³-hybridized carbons (Fsp3) is 0.238. The van der Waals surface area contributed by atoms with Crippen LogP contribution in [0.25, 0.3) is 33.1 Å². The molecule has 0 unspecified atom stereocenters. The number of aromatic amines is 1. The van der Waals surface area contributed by atoms with Crippen LogP contribution in [0.2, 0.25) is 0 Å². The number of nitrogens with zero attached hydrogens (tertiary/aromatic N) is 2. The highest BCUT2D eigenvalue weighted by atomic mass is 16.2. The molecule has 4 aromatic rings. The molecule has 1 saturated carbocycles. The molecule has 0 bridgehead atoms. The van der Waals surface area contributed by atoms with Crippen molar-refractivity contribution in [2.75, 3.05) is 5.32 Å². The first-order valence-electron chi connectivity index (χ1n) is 8.95. The summed E-state index contributed by atoms with van der Waals surface area (Å²) in [6, 6.07) is 10.5. The number of rotatable bonds is 3. The number of hydrogen-bond donors (Lipinski definition) is 2. The number of anilines is 1. The number of benzene rings is 1. The second-order valence-corrected chi connectivity index (χ2v) is 7.16. The molecule has 0 aliphatic heterocycles. The summed E-state index contributed by atoms with van der Waals surface area (Å²) in [7, 11) is 2.06. The van der Waals surface area contributed by atoms with E-state index in [0.717, 1.165) is 35.0 Å². The Kier molecular flexibility index (Phi) is 3.19. The quantitative estimate of drug-likeness (QED) is 0.579. The van der Waals surface area contributed by atoms with Crippen molar-refractivity contribution >= 4 is 33.5 Å². The van der Waals surface area contributed by atoms with E-state index in [9.17, 15) is 4.79 Å². The maximum Gasteiger partial charge on any atom is 0.228 e. The molecule has 1 aromatic carbocycles. The first-order chi connectivity index (χ1) is 12.6. The van der Waals surface area contributed by atoms with Crippen LogP contribution < -0.4 is 5.32 Å². The molecule has 26 heavy (non-hydrogen) atoms. The fourth-order valence-corrected chi connectivity index (χ4v) is 3.70. The average molecular weight is 344 g/mol. The molecular formula is C21H20N4O. The van der Waals surface area contributed by atoms with Gasteiger partial charge in [-0.1, -0.05) is 6.07 Å². The molecule has 0 spiro atoms. The smallest absolute Gasteiger partial charge is 0.228 e. The number of H-pyrrole nitrogens is 1. The number of hydrogen-bond acceptors (Lipinski definition) is 2. The summed E-state index contributed by atoms with van der Waals surface area (Å²) < 4.78 is 2.16. The molecule has 1 amide bonds. The topological polar surface area (TPSA) is 62.7 Å². The summed E-state index contributed by atoms with van der Waals surface area (Å²) in [5.74, 6) is 0.890. The second kappa shape index (κ2) is 5.46. The van der Waals surface area contributed by atoms with Crippen LogP contribution in [-0.4, -0.2) is 20.4 Å². The Balaban J connectivity index is 1.59. The van der Waals surface area contributed by atoms with E-state index < -0.39 is 0 Å². The highest BCUT2D eigenvalue weighted by Crippen LogP contribution is 2.34. The van der Waals surface area contributed by atoms with Gasteiger partial charge in [0.15, 0.2) is 0 Å². The lowest BCUT2D eigenvalue weighted by Crippen LogP contribution is -2.14. The van der Waals surface area contributed by atoms with E-state index >= 15 is 0 Å². The zero-order valence-corrected chi connectivity index (χ0v) is 14.8. The summed E-state index contributed by atoms with van der Waals surface area (Å²) >= 11 is 0. The van der Waals surface area contributed by atoms with Gasteiger partial charge in [0.2, 0.25) is 5.91 Å². The van der Waals surface area contributed by atoms with Crippen LogP contribution in [-0.2, 0) is 11.8 Å². The molecule has 0 atom stereocenters. The van der Waals surface area contributed by atoms with Gasteiger partial charge in [0.1, 0.15) is 5.82 Å². The molecule has 0 radical (unpaired) electrons. The molecule has 3 aromatic heterocycles. The van der Waals surface area contributed by atoms with Gasteiger partial charge in [-0.15, -0.1) is 0 Å². The first-order valence-corrected chi connectivity index (χ1v) is 8.95. The number of aromatic nitrogens is 3. The van der Waals surface area contributed by atoms with Crippen molar-refractivity contribution in [1.29, 1.82) is 0 Å². The highest BCUT2D eigenvalue weighted by molar-refractivity contribution is 5.97. The van der Waals surface area contributed by atoms with Gasteiger partial charge in [0.05, 0.1) is 11.7 Å². The van der Waals surface area contributed by atoms with E-state index in [1.165, 1.54) is 16.5 Å². The van der Waals surface area contributed by atoms with E-state index in [2.05, 4.69) is 58.1 Å². The lowest BCUT2D eigenvalue weighted by molar-refractivity contribution is -0.117. The minimum Gasteiger partial charge on any atom is -0.361 e. The molecule has 1 aliphatic carbocycles. The Morgan fingerprint density at radius 2 is 2.12 bits per heavy atom. The summed E-state index contributed by atoms with van der Waals surface area (Å²) in [5, 5.41) is 5.25. The van der Waals surface area contributed by atoms with E-state index in [1.807, 2.05) is 18.5 Å². The van der Waals surface area contributed by atoms with E-state index in [1.54, 1.807) is 0 Å². The van der Waals surface area contributed by atoms with Crippen molar-refractivity contribution in [3.63, 3.8) is 0 Å². The van der Waals surface area contributed by atoms with Crippen molar-refractivity contribution in [3.05, 3.63) is 48.3 Å². The van der Waals surface area contributed by atoms with Crippen molar-refractivity contribution in [3.8, 4) is 11.3 Å². The number of carbonyl (C=O) groups excluding carboxylic acids is 1. The van der Waals surface area contributed by atoms with Crippen molar-refractivity contribution in [2.24, 2.45) is 13.0 Å². The molecule has 0 saturated heterocycles. The summed E-state index contributed by atoms with van der Waals surface area (Å²) in [6.07, 6.45) is 5.79. The number of aryl methyl sites for hydroxylation is 2. The SMILES string of the molecule is Cc1c(-c2cc3cc(NC(=O)C4CC4)ncc3n2C)ccc2[nH]ccc12. The highest BCUT2D eigenvalue weighted by Gasteiger charge is 2.29. The lowest BCUT2D eigenvalue weighted by Gasteiger charge is -2.09. The van der Waals surface area contributed by atoms with Crippen LogP contribution >= 0.6 is 0 Å². The van der Waals surface area contributed by atoms with Crippen LogP contribution in [0.4, 0.5) is 5.82 Å². The van der Waals surface area contributed by atoms with Crippen LogP contribution in [0.5, 0.6) is 0 Å². The molecular weight excluding hydrogens is 324 g/mol. The van der Waals surface area contributed by atoms with Crippen molar-refractivity contribution in [2.45, 2.75) is 19.8 Å². The average Bonchev–Trinajstić information content (AvgIpc) is 3.29. The zero-order chi connectivity index (χ0) is 17.8. The third kappa shape index (κ3) is 2.31.